The van der Waals surface area contributed by atoms with Crippen LogP contribution in [-0.2, 0) is 16.0 Å². The van der Waals surface area contributed by atoms with E-state index in [0.29, 0.717) is 10.8 Å². The van der Waals surface area contributed by atoms with Gasteiger partial charge in [-0.25, -0.2) is 4.98 Å². The van der Waals surface area contributed by atoms with Gasteiger partial charge in [-0.05, 0) is 42.3 Å². The summed E-state index contributed by atoms with van der Waals surface area (Å²) >= 11 is 1.38. The summed E-state index contributed by atoms with van der Waals surface area (Å²) < 4.78 is 0. The van der Waals surface area contributed by atoms with Crippen molar-refractivity contribution in [2.45, 2.75) is 19.4 Å². The van der Waals surface area contributed by atoms with Gasteiger partial charge in [0, 0.05) is 29.0 Å². The van der Waals surface area contributed by atoms with E-state index in [1.807, 2.05) is 66.9 Å². The van der Waals surface area contributed by atoms with Crippen molar-refractivity contribution in [1.29, 1.82) is 0 Å². The normalized spacial score (nSPS) is 11.6. The van der Waals surface area contributed by atoms with Crippen molar-refractivity contribution < 1.29 is 9.59 Å². The maximum absolute atomic E-state index is 13.2. The van der Waals surface area contributed by atoms with Crippen molar-refractivity contribution in [1.82, 2.24) is 14.9 Å². The van der Waals surface area contributed by atoms with Gasteiger partial charge in [-0.15, -0.1) is 11.3 Å². The summed E-state index contributed by atoms with van der Waals surface area (Å²) in [4.78, 5) is 36.0. The smallest absolute Gasteiger partial charge is 0.244 e. The molecule has 4 aromatic rings. The van der Waals surface area contributed by atoms with Crippen molar-refractivity contribution in [3.63, 3.8) is 0 Å². The van der Waals surface area contributed by atoms with Gasteiger partial charge in [0.1, 0.15) is 6.54 Å². The molecular weight excluding hydrogens is 446 g/mol. The summed E-state index contributed by atoms with van der Waals surface area (Å²) in [7, 11) is 0. The molecule has 3 N–H and O–H groups in total. The molecule has 0 saturated carbocycles. The minimum absolute atomic E-state index is 0.0651. The molecular formula is C26H25N5O2S. The van der Waals surface area contributed by atoms with Crippen LogP contribution in [0.3, 0.4) is 0 Å². The number of pyridine rings is 1. The highest BCUT2D eigenvalue weighted by atomic mass is 32.1. The van der Waals surface area contributed by atoms with Crippen LogP contribution in [0.2, 0.25) is 0 Å². The molecule has 2 aromatic heterocycles. The maximum atomic E-state index is 13.2. The fourth-order valence-corrected chi connectivity index (χ4v) is 4.20. The molecule has 0 spiro atoms. The Morgan fingerprint density at radius 1 is 1.03 bits per heavy atom. The lowest BCUT2D eigenvalue weighted by Crippen LogP contribution is -2.40. The minimum Gasteiger partial charge on any atom is -0.375 e. The van der Waals surface area contributed by atoms with Gasteiger partial charge >= 0.3 is 0 Å². The van der Waals surface area contributed by atoms with E-state index in [4.69, 9.17) is 5.73 Å². The molecule has 2 aromatic carbocycles. The molecule has 0 fully saturated rings. The fraction of sp³-hybridized carbons (Fsp3) is 0.154. The number of carbonyl (C=O) groups is 2. The Labute approximate surface area is 202 Å². The average molecular weight is 472 g/mol. The Morgan fingerprint density at radius 3 is 2.38 bits per heavy atom. The Balaban J connectivity index is 1.47. The van der Waals surface area contributed by atoms with E-state index in [9.17, 15) is 9.59 Å². The molecule has 0 radical (unpaired) electrons. The molecule has 0 aliphatic heterocycles. The van der Waals surface area contributed by atoms with Crippen LogP contribution in [-0.4, -0.2) is 33.2 Å². The second-order valence-corrected chi connectivity index (χ2v) is 8.73. The molecule has 0 unspecified atom stereocenters. The van der Waals surface area contributed by atoms with Gasteiger partial charge in [0.15, 0.2) is 5.13 Å². The predicted molar refractivity (Wildman–Crippen MR) is 135 cm³/mol. The average Bonchev–Trinajstić information content (AvgIpc) is 3.30. The lowest BCUT2D eigenvalue weighted by Gasteiger charge is -2.29. The predicted octanol–water partition coefficient (Wildman–Crippen LogP) is 4.56. The molecule has 7 nitrogen and oxygen atoms in total. The number of carbonyl (C=O) groups excluding carboxylic acids is 2. The van der Waals surface area contributed by atoms with E-state index in [1.165, 1.54) is 11.3 Å². The lowest BCUT2D eigenvalue weighted by molar-refractivity contribution is -0.136. The van der Waals surface area contributed by atoms with E-state index in [0.717, 1.165) is 22.4 Å². The molecule has 2 heterocycles. The van der Waals surface area contributed by atoms with Gasteiger partial charge < -0.3 is 16.0 Å². The topological polar surface area (TPSA) is 101 Å². The summed E-state index contributed by atoms with van der Waals surface area (Å²) in [6.07, 6.45) is 3.51. The number of nitrogens with zero attached hydrogens (tertiary/aromatic N) is 3. The van der Waals surface area contributed by atoms with Crippen molar-refractivity contribution in [2.24, 2.45) is 0 Å². The minimum atomic E-state index is -0.267. The fourth-order valence-electron chi connectivity index (χ4n) is 3.63. The van der Waals surface area contributed by atoms with Gasteiger partial charge in [-0.1, -0.05) is 42.5 Å². The zero-order valence-corrected chi connectivity index (χ0v) is 19.5. The largest absolute Gasteiger partial charge is 0.375 e. The van der Waals surface area contributed by atoms with E-state index in [1.54, 1.807) is 29.4 Å². The Bertz CT molecular complexity index is 1240. The van der Waals surface area contributed by atoms with Gasteiger partial charge in [-0.2, -0.15) is 0 Å². The number of benzene rings is 2. The SMILES string of the molecule is C[C@H](c1ccccc1)N(CC(=O)Nc1ccc(-c2csc(N)n2)cc1)C(=O)Cc1ccncc1. The van der Waals surface area contributed by atoms with E-state index >= 15 is 0 Å². The number of amides is 2. The Hall–Kier alpha value is -4.04. The zero-order valence-electron chi connectivity index (χ0n) is 18.7. The number of hydrogen-bond acceptors (Lipinski definition) is 6. The number of aromatic nitrogens is 2. The molecule has 2 amide bonds. The highest BCUT2D eigenvalue weighted by Crippen LogP contribution is 2.25. The van der Waals surface area contributed by atoms with Crippen molar-refractivity contribution in [3.05, 3.63) is 95.6 Å². The molecule has 0 saturated heterocycles. The van der Waals surface area contributed by atoms with Crippen molar-refractivity contribution in [3.8, 4) is 11.3 Å². The Kier molecular flexibility index (Phi) is 7.29. The van der Waals surface area contributed by atoms with Crippen LogP contribution in [0.25, 0.3) is 11.3 Å². The van der Waals surface area contributed by atoms with Crippen molar-refractivity contribution >= 4 is 34.0 Å². The number of rotatable bonds is 8. The lowest BCUT2D eigenvalue weighted by atomic mass is 10.1. The standard InChI is InChI=1S/C26H25N5O2S/c1-18(20-5-3-2-4-6-20)31(25(33)15-19-11-13-28-14-12-19)16-24(32)29-22-9-7-21(8-10-22)23-17-34-26(27)30-23/h2-14,17-18H,15-16H2,1H3,(H2,27,30)(H,29,32)/t18-/m1/s1. The van der Waals surface area contributed by atoms with Gasteiger partial charge in [0.05, 0.1) is 18.2 Å². The van der Waals surface area contributed by atoms with Crippen LogP contribution in [0.1, 0.15) is 24.1 Å². The van der Waals surface area contributed by atoms with Crippen LogP contribution in [0.4, 0.5) is 10.8 Å². The second kappa shape index (κ2) is 10.7. The molecule has 1 atom stereocenters. The number of thiazole rings is 1. The highest BCUT2D eigenvalue weighted by Gasteiger charge is 2.24. The molecule has 0 bridgehead atoms. The highest BCUT2D eigenvalue weighted by molar-refractivity contribution is 7.13. The third-order valence-corrected chi connectivity index (χ3v) is 6.15. The molecule has 8 heteroatoms. The zero-order chi connectivity index (χ0) is 23.9. The molecule has 0 aliphatic rings. The number of nitrogens with two attached hydrogens (primary N) is 1. The third kappa shape index (κ3) is 5.85. The first-order valence-electron chi connectivity index (χ1n) is 10.8. The second-order valence-electron chi connectivity index (χ2n) is 7.84. The maximum Gasteiger partial charge on any atom is 0.244 e. The van der Waals surface area contributed by atoms with Crippen LogP contribution in [0.5, 0.6) is 0 Å². The molecule has 0 aliphatic carbocycles. The van der Waals surface area contributed by atoms with Crippen LogP contribution in [0.15, 0.2) is 84.5 Å². The third-order valence-electron chi connectivity index (χ3n) is 5.47. The van der Waals surface area contributed by atoms with E-state index in [2.05, 4.69) is 15.3 Å². The number of anilines is 2. The van der Waals surface area contributed by atoms with Gasteiger partial charge in [-0.3, -0.25) is 14.6 Å². The van der Waals surface area contributed by atoms with Crippen LogP contribution >= 0.6 is 11.3 Å². The van der Waals surface area contributed by atoms with Crippen molar-refractivity contribution in [2.75, 3.05) is 17.6 Å². The quantitative estimate of drug-likeness (QED) is 0.392. The summed E-state index contributed by atoms with van der Waals surface area (Å²) in [5.74, 6) is -0.398. The van der Waals surface area contributed by atoms with E-state index < -0.39 is 0 Å². The number of hydrogen-bond donors (Lipinski definition) is 2. The van der Waals surface area contributed by atoms with Crippen LogP contribution in [0, 0.1) is 0 Å². The number of nitrogen functional groups attached to an aromatic ring is 1. The Morgan fingerprint density at radius 2 is 1.74 bits per heavy atom. The summed E-state index contributed by atoms with van der Waals surface area (Å²) in [6, 6.07) is 20.4. The summed E-state index contributed by atoms with van der Waals surface area (Å²) in [6.45, 7) is 1.87. The van der Waals surface area contributed by atoms with E-state index in [-0.39, 0.29) is 30.8 Å². The summed E-state index contributed by atoms with van der Waals surface area (Å²) in [5.41, 5.74) is 9.88. The first-order valence-corrected chi connectivity index (χ1v) is 11.7. The van der Waals surface area contributed by atoms with Gasteiger partial charge in [0.25, 0.3) is 0 Å². The first kappa shape index (κ1) is 23.1. The number of nitrogens with one attached hydrogen (secondary N) is 1. The molecule has 34 heavy (non-hydrogen) atoms. The van der Waals surface area contributed by atoms with Gasteiger partial charge in [0.2, 0.25) is 11.8 Å². The summed E-state index contributed by atoms with van der Waals surface area (Å²) in [5, 5.41) is 5.30. The monoisotopic (exact) mass is 471 g/mol. The van der Waals surface area contributed by atoms with Crippen LogP contribution < -0.4 is 11.1 Å². The molecule has 172 valence electrons. The first-order chi connectivity index (χ1) is 16.5. The molecule has 4 rings (SSSR count).